The van der Waals surface area contributed by atoms with Gasteiger partial charge in [0.25, 0.3) is 0 Å². The number of benzene rings is 1. The fourth-order valence-corrected chi connectivity index (χ4v) is 5.87. The maximum absolute atomic E-state index is 13.6. The van der Waals surface area contributed by atoms with Gasteiger partial charge in [-0.05, 0) is 68.2 Å². The SMILES string of the molecule is O=C(C1C2CCC1(c1ccnn1C1CCC1)C2)N(CCO)Cc1cccc(F)c1. The Morgan fingerprint density at radius 1 is 1.31 bits per heavy atom. The molecule has 0 aliphatic heterocycles. The lowest BCUT2D eigenvalue weighted by Gasteiger charge is -2.49. The third kappa shape index (κ3) is 3.00. The van der Waals surface area contributed by atoms with Crippen LogP contribution in [-0.4, -0.2) is 38.8 Å². The molecule has 6 rings (SSSR count). The van der Waals surface area contributed by atoms with Crippen molar-refractivity contribution >= 4 is 5.91 Å². The fourth-order valence-electron chi connectivity index (χ4n) is 5.87. The van der Waals surface area contributed by atoms with Crippen molar-refractivity contribution in [2.75, 3.05) is 13.2 Å². The molecule has 5 nitrogen and oxygen atoms in total. The molecule has 4 fully saturated rings. The van der Waals surface area contributed by atoms with Crippen LogP contribution in [0.5, 0.6) is 0 Å². The summed E-state index contributed by atoms with van der Waals surface area (Å²) in [7, 11) is 0. The van der Waals surface area contributed by atoms with E-state index >= 15 is 0 Å². The summed E-state index contributed by atoms with van der Waals surface area (Å²) in [5.74, 6) is 0.140. The van der Waals surface area contributed by atoms with Crippen LogP contribution in [0.4, 0.5) is 4.39 Å². The first kappa shape index (κ1) is 18.8. The summed E-state index contributed by atoms with van der Waals surface area (Å²) in [6.07, 6.45) is 8.62. The van der Waals surface area contributed by atoms with Crippen LogP contribution in [0.3, 0.4) is 0 Å². The van der Waals surface area contributed by atoms with Gasteiger partial charge in [-0.25, -0.2) is 4.39 Å². The molecule has 4 aliphatic carbocycles. The molecule has 2 bridgehead atoms. The Bertz CT molecular complexity index is 905. The number of nitrogens with zero attached hydrogens (tertiary/aromatic N) is 3. The van der Waals surface area contributed by atoms with Crippen LogP contribution in [0.25, 0.3) is 0 Å². The van der Waals surface area contributed by atoms with Crippen molar-refractivity contribution < 1.29 is 14.3 Å². The molecule has 1 heterocycles. The molecule has 1 aromatic heterocycles. The zero-order valence-electron chi connectivity index (χ0n) is 16.6. The normalized spacial score (nSPS) is 28.1. The number of halogens is 1. The molecule has 1 aromatic carbocycles. The van der Waals surface area contributed by atoms with Crippen molar-refractivity contribution in [3.8, 4) is 0 Å². The topological polar surface area (TPSA) is 58.4 Å². The molecule has 4 saturated carbocycles. The van der Waals surface area contributed by atoms with Crippen LogP contribution in [0.1, 0.15) is 55.8 Å². The Hall–Kier alpha value is -2.21. The van der Waals surface area contributed by atoms with Crippen molar-refractivity contribution in [2.24, 2.45) is 11.8 Å². The van der Waals surface area contributed by atoms with Gasteiger partial charge in [-0.3, -0.25) is 9.48 Å². The predicted molar refractivity (Wildman–Crippen MR) is 107 cm³/mol. The first-order valence-electron chi connectivity index (χ1n) is 10.8. The standard InChI is InChI=1S/C23H28FN3O2/c24-18-4-1-3-16(13-18)15-26(11-12-28)22(29)21-17-7-9-23(21,14-17)20-8-10-25-27(20)19-5-2-6-19/h1,3-4,8,10,13,17,19,21,28H,2,5-7,9,11-12,14-15H2. The number of carbonyl (C=O) groups excluding carboxylic acids is 1. The van der Waals surface area contributed by atoms with Crippen LogP contribution >= 0.6 is 0 Å². The second kappa shape index (κ2) is 7.24. The van der Waals surface area contributed by atoms with Gasteiger partial charge < -0.3 is 10.0 Å². The average molecular weight is 397 g/mol. The van der Waals surface area contributed by atoms with Gasteiger partial charge in [-0.15, -0.1) is 0 Å². The zero-order valence-corrected chi connectivity index (χ0v) is 16.6. The summed E-state index contributed by atoms with van der Waals surface area (Å²) in [4.78, 5) is 15.3. The van der Waals surface area contributed by atoms with E-state index < -0.39 is 0 Å². The number of aliphatic hydroxyl groups is 1. The highest BCUT2D eigenvalue weighted by molar-refractivity contribution is 5.83. The molecule has 3 atom stereocenters. The number of carbonyl (C=O) groups is 1. The van der Waals surface area contributed by atoms with E-state index in [1.807, 2.05) is 12.3 Å². The average Bonchev–Trinajstić information content (AvgIpc) is 3.34. The molecule has 1 N–H and O–H groups in total. The Balaban J connectivity index is 1.41. The van der Waals surface area contributed by atoms with Gasteiger partial charge in [0.05, 0.1) is 18.6 Å². The quantitative estimate of drug-likeness (QED) is 0.779. The molecule has 154 valence electrons. The molecule has 0 radical (unpaired) electrons. The molecule has 6 heteroatoms. The lowest BCUT2D eigenvalue weighted by Crippen LogP contribution is -2.54. The molecule has 0 spiro atoms. The lowest BCUT2D eigenvalue weighted by atomic mass is 9.58. The number of aliphatic hydroxyl groups excluding tert-OH is 1. The van der Waals surface area contributed by atoms with Crippen LogP contribution in [0.2, 0.25) is 0 Å². The van der Waals surface area contributed by atoms with E-state index in [9.17, 15) is 14.3 Å². The van der Waals surface area contributed by atoms with Crippen LogP contribution in [0.15, 0.2) is 36.5 Å². The smallest absolute Gasteiger partial charge is 0.227 e. The molecule has 0 saturated heterocycles. The summed E-state index contributed by atoms with van der Waals surface area (Å²) in [5, 5.41) is 14.2. The molecule has 2 aromatic rings. The Kier molecular flexibility index (Phi) is 4.69. The highest BCUT2D eigenvalue weighted by Gasteiger charge is 2.64. The predicted octanol–water partition coefficient (Wildman–Crippen LogP) is 3.44. The van der Waals surface area contributed by atoms with Crippen molar-refractivity contribution in [1.29, 1.82) is 0 Å². The first-order valence-corrected chi connectivity index (χ1v) is 10.8. The van der Waals surface area contributed by atoms with Gasteiger partial charge in [-0.1, -0.05) is 12.1 Å². The van der Waals surface area contributed by atoms with Crippen molar-refractivity contribution in [1.82, 2.24) is 14.7 Å². The van der Waals surface area contributed by atoms with E-state index in [1.165, 1.54) is 37.1 Å². The van der Waals surface area contributed by atoms with Gasteiger partial charge in [0.1, 0.15) is 5.82 Å². The van der Waals surface area contributed by atoms with Crippen molar-refractivity contribution in [2.45, 2.75) is 56.5 Å². The summed E-state index contributed by atoms with van der Waals surface area (Å²) >= 11 is 0. The first-order chi connectivity index (χ1) is 14.1. The zero-order chi connectivity index (χ0) is 20.0. The summed E-state index contributed by atoms with van der Waals surface area (Å²) in [6.45, 7) is 0.514. The van der Waals surface area contributed by atoms with Gasteiger partial charge in [0.2, 0.25) is 5.91 Å². The fraction of sp³-hybridized carbons (Fsp3) is 0.565. The minimum atomic E-state index is -0.302. The van der Waals surface area contributed by atoms with E-state index in [4.69, 9.17) is 0 Å². The van der Waals surface area contributed by atoms with E-state index in [0.717, 1.165) is 24.8 Å². The van der Waals surface area contributed by atoms with Gasteiger partial charge >= 0.3 is 0 Å². The summed E-state index contributed by atoms with van der Waals surface area (Å²) in [6, 6.07) is 8.96. The number of fused-ring (bicyclic) bond motifs is 1. The molecular weight excluding hydrogens is 369 g/mol. The van der Waals surface area contributed by atoms with E-state index in [-0.39, 0.29) is 36.2 Å². The maximum atomic E-state index is 13.6. The van der Waals surface area contributed by atoms with Crippen molar-refractivity contribution in [3.05, 3.63) is 53.6 Å². The lowest BCUT2D eigenvalue weighted by molar-refractivity contribution is -0.145. The van der Waals surface area contributed by atoms with E-state index in [2.05, 4.69) is 15.8 Å². The Labute approximate surface area is 170 Å². The number of amides is 1. The number of hydrogen-bond donors (Lipinski definition) is 1. The highest BCUT2D eigenvalue weighted by Crippen LogP contribution is 2.64. The van der Waals surface area contributed by atoms with E-state index in [1.54, 1.807) is 11.0 Å². The third-order valence-electron chi connectivity index (χ3n) is 7.47. The van der Waals surface area contributed by atoms with Gasteiger partial charge in [-0.2, -0.15) is 5.10 Å². The molecular formula is C23H28FN3O2. The molecule has 1 amide bonds. The molecule has 4 aliphatic rings. The summed E-state index contributed by atoms with van der Waals surface area (Å²) in [5.41, 5.74) is 1.86. The Morgan fingerprint density at radius 3 is 2.86 bits per heavy atom. The number of hydrogen-bond acceptors (Lipinski definition) is 3. The summed E-state index contributed by atoms with van der Waals surface area (Å²) < 4.78 is 15.8. The van der Waals surface area contributed by atoms with Gasteiger partial charge in [0, 0.05) is 30.4 Å². The second-order valence-electron chi connectivity index (χ2n) is 9.00. The monoisotopic (exact) mass is 397 g/mol. The van der Waals surface area contributed by atoms with Crippen LogP contribution < -0.4 is 0 Å². The van der Waals surface area contributed by atoms with Crippen LogP contribution in [-0.2, 0) is 16.8 Å². The Morgan fingerprint density at radius 2 is 2.17 bits per heavy atom. The second-order valence-corrected chi connectivity index (χ2v) is 9.00. The van der Waals surface area contributed by atoms with Crippen molar-refractivity contribution in [3.63, 3.8) is 0 Å². The molecule has 29 heavy (non-hydrogen) atoms. The van der Waals surface area contributed by atoms with Gasteiger partial charge in [0.15, 0.2) is 0 Å². The molecule has 3 unspecified atom stereocenters. The largest absolute Gasteiger partial charge is 0.395 e. The maximum Gasteiger partial charge on any atom is 0.227 e. The number of rotatable bonds is 7. The third-order valence-corrected chi connectivity index (χ3v) is 7.47. The highest BCUT2D eigenvalue weighted by atomic mass is 19.1. The number of aromatic nitrogens is 2. The van der Waals surface area contributed by atoms with E-state index in [0.29, 0.717) is 18.5 Å². The minimum Gasteiger partial charge on any atom is -0.395 e. The minimum absolute atomic E-state index is 0.0573. The van der Waals surface area contributed by atoms with Crippen LogP contribution in [0, 0.1) is 17.7 Å².